The Bertz CT molecular complexity index is 707. The van der Waals surface area contributed by atoms with E-state index in [-0.39, 0.29) is 5.56 Å². The van der Waals surface area contributed by atoms with Crippen molar-refractivity contribution < 1.29 is 59.2 Å². The Morgan fingerprint density at radius 1 is 0.793 bits per heavy atom. The average molecular weight is 442 g/mol. The molecule has 0 amide bonds. The smallest absolute Gasteiger partial charge is 0.429 e. The molecule has 29 heavy (non-hydrogen) atoms. The fraction of sp³-hybridized carbons (Fsp3) is 0.500. The van der Waals surface area contributed by atoms with Crippen LogP contribution in [0.4, 0.5) is 39.5 Å². The molecule has 1 unspecified atom stereocenters. The monoisotopic (exact) mass is 442 g/mol. The first-order valence-electron chi connectivity index (χ1n) is 7.52. The molecule has 1 aromatic carbocycles. The molecule has 13 heteroatoms. The van der Waals surface area contributed by atoms with Gasteiger partial charge < -0.3 is 19.7 Å². The highest BCUT2D eigenvalue weighted by molar-refractivity contribution is 5.53. The molecule has 0 saturated heterocycles. The third-order valence-corrected chi connectivity index (χ3v) is 3.65. The molecule has 0 aliphatic heterocycles. The van der Waals surface area contributed by atoms with Crippen molar-refractivity contribution in [2.24, 2.45) is 0 Å². The van der Waals surface area contributed by atoms with Crippen molar-refractivity contribution in [1.29, 1.82) is 0 Å². The van der Waals surface area contributed by atoms with Gasteiger partial charge in [0.25, 0.3) is 5.60 Å². The van der Waals surface area contributed by atoms with Gasteiger partial charge in [0.2, 0.25) is 0 Å². The highest BCUT2D eigenvalue weighted by Crippen LogP contribution is 2.43. The van der Waals surface area contributed by atoms with Crippen molar-refractivity contribution >= 4 is 6.08 Å². The summed E-state index contributed by atoms with van der Waals surface area (Å²) < 4.78 is 123. The predicted molar refractivity (Wildman–Crippen MR) is 81.3 cm³/mol. The minimum atomic E-state index is -6.12. The van der Waals surface area contributed by atoms with E-state index in [9.17, 15) is 44.6 Å². The maximum Gasteiger partial charge on any atom is 0.429 e. The molecular weight excluding hydrogens is 427 g/mol. The fourth-order valence-electron chi connectivity index (χ4n) is 1.70. The summed E-state index contributed by atoms with van der Waals surface area (Å²) in [5, 5.41) is 18.4. The predicted octanol–water partition coefficient (Wildman–Crippen LogP) is 4.26. The lowest BCUT2D eigenvalue weighted by Crippen LogP contribution is -2.60. The van der Waals surface area contributed by atoms with Gasteiger partial charge in [-0.05, 0) is 24.6 Å². The van der Waals surface area contributed by atoms with Crippen LogP contribution >= 0.6 is 0 Å². The van der Waals surface area contributed by atoms with E-state index < -0.39 is 54.4 Å². The van der Waals surface area contributed by atoms with Crippen LogP contribution in [0.1, 0.15) is 12.5 Å². The summed E-state index contributed by atoms with van der Waals surface area (Å²) >= 11 is 0. The Kier molecular flexibility index (Phi) is 6.81. The normalized spacial score (nSPS) is 15.6. The molecule has 0 bridgehead atoms. The van der Waals surface area contributed by atoms with Crippen LogP contribution in [0.5, 0.6) is 11.5 Å². The summed E-state index contributed by atoms with van der Waals surface area (Å²) in [7, 11) is 0. The minimum Gasteiger partial charge on any atom is -0.490 e. The van der Waals surface area contributed by atoms with E-state index in [4.69, 9.17) is 9.84 Å². The van der Waals surface area contributed by atoms with Crippen LogP contribution in [-0.2, 0) is 0 Å². The second-order valence-corrected chi connectivity index (χ2v) is 6.15. The highest BCUT2D eigenvalue weighted by atomic mass is 19.4. The maximum absolute atomic E-state index is 12.7. The van der Waals surface area contributed by atoms with E-state index in [2.05, 4.69) is 11.3 Å². The zero-order valence-corrected chi connectivity index (χ0v) is 14.5. The van der Waals surface area contributed by atoms with Crippen LogP contribution in [0.2, 0.25) is 0 Å². The first-order valence-corrected chi connectivity index (χ1v) is 7.52. The van der Waals surface area contributed by atoms with Gasteiger partial charge in [-0.3, -0.25) is 0 Å². The third-order valence-electron chi connectivity index (χ3n) is 3.65. The zero-order chi connectivity index (χ0) is 22.9. The van der Waals surface area contributed by atoms with Gasteiger partial charge in [0, 0.05) is 6.07 Å². The van der Waals surface area contributed by atoms with E-state index in [1.807, 2.05) is 0 Å². The molecule has 1 aromatic rings. The molecule has 1 atom stereocenters. The van der Waals surface area contributed by atoms with Crippen molar-refractivity contribution in [3.8, 4) is 11.5 Å². The van der Waals surface area contributed by atoms with Gasteiger partial charge in [0.15, 0.2) is 5.60 Å². The van der Waals surface area contributed by atoms with Crippen LogP contribution in [0.3, 0.4) is 0 Å². The first kappa shape index (κ1) is 24.9. The molecule has 0 aromatic heterocycles. The molecule has 0 heterocycles. The Balaban J connectivity index is 3.10. The number of alkyl halides is 9. The average Bonchev–Trinajstić information content (AvgIpc) is 2.54. The summed E-state index contributed by atoms with van der Waals surface area (Å²) in [6, 6.07) is 2.65. The van der Waals surface area contributed by atoms with Crippen molar-refractivity contribution in [1.82, 2.24) is 0 Å². The molecule has 4 nitrogen and oxygen atoms in total. The summed E-state index contributed by atoms with van der Waals surface area (Å²) in [6.45, 7) is 0.0909. The summed E-state index contributed by atoms with van der Waals surface area (Å²) in [5.74, 6) is -1.15. The first-order chi connectivity index (χ1) is 12.8. The minimum absolute atomic E-state index is 0.00621. The van der Waals surface area contributed by atoms with E-state index in [1.165, 1.54) is 0 Å². The molecular formula is C16H15F9O4. The SMILES string of the molecule is C=Cc1cc(OCC(C)(O)C(F)(F)F)cc(OCC(O)(C(F)(F)F)C(F)(F)F)c1. The summed E-state index contributed by atoms with van der Waals surface area (Å²) in [4.78, 5) is 0. The number of benzene rings is 1. The van der Waals surface area contributed by atoms with Crippen molar-refractivity contribution in [3.05, 3.63) is 30.3 Å². The second kappa shape index (κ2) is 7.94. The maximum atomic E-state index is 12.7. The highest BCUT2D eigenvalue weighted by Gasteiger charge is 2.71. The zero-order valence-electron chi connectivity index (χ0n) is 14.5. The molecule has 0 saturated carbocycles. The largest absolute Gasteiger partial charge is 0.490 e. The second-order valence-electron chi connectivity index (χ2n) is 6.15. The van der Waals surface area contributed by atoms with Crippen molar-refractivity contribution in [2.75, 3.05) is 13.2 Å². The van der Waals surface area contributed by atoms with E-state index in [0.29, 0.717) is 13.0 Å². The molecule has 166 valence electrons. The van der Waals surface area contributed by atoms with E-state index in [0.717, 1.165) is 18.2 Å². The number of hydrogen-bond donors (Lipinski definition) is 2. The van der Waals surface area contributed by atoms with Gasteiger partial charge >= 0.3 is 18.5 Å². The fourth-order valence-corrected chi connectivity index (χ4v) is 1.70. The lowest BCUT2D eigenvalue weighted by molar-refractivity contribution is -0.373. The molecule has 0 spiro atoms. The van der Waals surface area contributed by atoms with Crippen LogP contribution in [-0.4, -0.2) is 53.2 Å². The molecule has 0 aliphatic rings. The van der Waals surface area contributed by atoms with Crippen LogP contribution in [0, 0.1) is 0 Å². The Morgan fingerprint density at radius 3 is 1.55 bits per heavy atom. The van der Waals surface area contributed by atoms with Gasteiger partial charge in [-0.15, -0.1) is 0 Å². The molecule has 0 aliphatic carbocycles. The topological polar surface area (TPSA) is 58.9 Å². The quantitative estimate of drug-likeness (QED) is 0.620. The number of halogens is 9. The van der Waals surface area contributed by atoms with Gasteiger partial charge in [0.1, 0.15) is 24.7 Å². The molecule has 0 radical (unpaired) electrons. The van der Waals surface area contributed by atoms with Crippen LogP contribution in [0.25, 0.3) is 6.08 Å². The number of rotatable bonds is 7. The van der Waals surface area contributed by atoms with E-state index in [1.54, 1.807) is 0 Å². The van der Waals surface area contributed by atoms with Crippen LogP contribution in [0.15, 0.2) is 24.8 Å². The number of aliphatic hydroxyl groups is 2. The Morgan fingerprint density at radius 2 is 1.21 bits per heavy atom. The lowest BCUT2D eigenvalue weighted by atomic mass is 10.0. The summed E-state index contributed by atoms with van der Waals surface area (Å²) in [6.07, 6.45) is -16.3. The van der Waals surface area contributed by atoms with Gasteiger partial charge in [0.05, 0.1) is 0 Å². The van der Waals surface area contributed by atoms with Gasteiger partial charge in [-0.1, -0.05) is 12.7 Å². The van der Waals surface area contributed by atoms with Crippen molar-refractivity contribution in [3.63, 3.8) is 0 Å². The van der Waals surface area contributed by atoms with Crippen molar-refractivity contribution in [2.45, 2.75) is 36.7 Å². The number of hydrogen-bond acceptors (Lipinski definition) is 4. The lowest BCUT2D eigenvalue weighted by Gasteiger charge is -2.32. The number of ether oxygens (including phenoxy) is 2. The Labute approximate surface area is 158 Å². The Hall–Kier alpha value is -2.15. The third kappa shape index (κ3) is 5.69. The van der Waals surface area contributed by atoms with Crippen LogP contribution < -0.4 is 9.47 Å². The van der Waals surface area contributed by atoms with Gasteiger partial charge in [-0.2, -0.15) is 39.5 Å². The summed E-state index contributed by atoms with van der Waals surface area (Å²) in [5.41, 5.74) is -8.47. The van der Waals surface area contributed by atoms with E-state index >= 15 is 0 Å². The molecule has 2 N–H and O–H groups in total. The molecule has 0 fully saturated rings. The van der Waals surface area contributed by atoms with Gasteiger partial charge in [-0.25, -0.2) is 0 Å². The standard InChI is InChI=1S/C16H15F9O4/c1-3-9-4-10(28-7-12(2,26)14(17,18)19)6-11(5-9)29-8-13(27,15(20,21)22)16(23,24)25/h3-6,26-27H,1,7-8H2,2H3. The molecule has 1 rings (SSSR count).